The molecule has 3 N–H and O–H groups in total. The fraction of sp³-hybridized carbons (Fsp3) is 0.488. The Morgan fingerprint density at radius 2 is 1.66 bits per heavy atom. The summed E-state index contributed by atoms with van der Waals surface area (Å²) in [4.78, 5) is 66.7. The number of imidazole rings is 1. The Hall–Kier alpha value is -5.14. The van der Waals surface area contributed by atoms with Gasteiger partial charge in [0.15, 0.2) is 0 Å². The zero-order valence-electron chi connectivity index (χ0n) is 35.6. The van der Waals surface area contributed by atoms with Crippen LogP contribution in [0.3, 0.4) is 0 Å². The molecule has 0 saturated carbocycles. The molecule has 6 heterocycles. The molecule has 0 aliphatic carbocycles. The number of imide groups is 1. The van der Waals surface area contributed by atoms with Gasteiger partial charge in [-0.05, 0) is 107 Å². The molecule has 3 saturated heterocycles. The lowest BCUT2D eigenvalue weighted by molar-refractivity contribution is -0.135. The highest BCUT2D eigenvalue weighted by molar-refractivity contribution is 7.89. The third-order valence-electron chi connectivity index (χ3n) is 12.5. The molecule has 3 aliphatic heterocycles. The predicted octanol–water partition coefficient (Wildman–Crippen LogP) is 3.91. The minimum atomic E-state index is -3.72. The van der Waals surface area contributed by atoms with Crippen LogP contribution < -0.4 is 31.5 Å². The summed E-state index contributed by atoms with van der Waals surface area (Å²) in [5, 5.41) is 6.27. The van der Waals surface area contributed by atoms with Crippen LogP contribution in [0.2, 0.25) is 5.02 Å². The van der Waals surface area contributed by atoms with E-state index in [1.807, 2.05) is 39.0 Å². The van der Waals surface area contributed by atoms with Gasteiger partial charge in [0.25, 0.3) is 5.56 Å². The van der Waals surface area contributed by atoms with E-state index < -0.39 is 22.0 Å². The van der Waals surface area contributed by atoms with Crippen LogP contribution in [-0.2, 0) is 26.7 Å². The summed E-state index contributed by atoms with van der Waals surface area (Å²) >= 11 is 6.16. The molecule has 330 valence electrons. The monoisotopic (exact) mass is 887 g/mol. The molecule has 62 heavy (non-hydrogen) atoms. The number of piperazine rings is 1. The summed E-state index contributed by atoms with van der Waals surface area (Å²) in [6, 6.07) is 11.5. The van der Waals surface area contributed by atoms with E-state index in [4.69, 9.17) is 11.6 Å². The molecule has 8 rings (SSSR count). The number of nitrogens with one attached hydrogen (secondary N) is 3. The van der Waals surface area contributed by atoms with Crippen molar-refractivity contribution in [3.05, 3.63) is 80.1 Å². The van der Waals surface area contributed by atoms with Crippen molar-refractivity contribution < 1.29 is 18.0 Å². The zero-order chi connectivity index (χ0) is 43.9. The Balaban J connectivity index is 0.767. The molecule has 1 atom stereocenters. The SMILES string of the molecule is Cc1cc(S(=O)(=O)NCCCN2CCN(CC3CCN(c4ccc5c(c4)n(C)c(=O)n5C4CCC(=O)NC4=O)CC3)CC2)ccc1Nc1ncc2cc(Cl)c(=O)n(C(C)C)c2n1. The number of piperidine rings is 2. The summed E-state index contributed by atoms with van der Waals surface area (Å²) in [7, 11) is -2.00. The number of amides is 2. The highest BCUT2D eigenvalue weighted by Crippen LogP contribution is 2.30. The van der Waals surface area contributed by atoms with Crippen LogP contribution >= 0.6 is 11.6 Å². The number of anilines is 3. The topological polar surface area (TPSA) is 189 Å². The standard InChI is InChI=1S/C43H54ClN11O6S/c1-27(2)54-39-30(23-33(44)41(54)58)25-45-42(49-39)47-34-8-7-32(22-28(34)3)62(60,61)46-14-5-15-51-18-20-52(21-19-51)26-29-12-16-53(17-13-29)31-6-9-35-37(24-31)50(4)43(59)55(35)36-10-11-38(56)48-40(36)57/h6-9,22-25,27,29,36,46H,5,10-21,26H2,1-4H3,(H,45,47,49)(H,48,56,57). The molecule has 0 bridgehead atoms. The average molecular weight is 888 g/mol. The van der Waals surface area contributed by atoms with Gasteiger partial charge in [0.05, 0.1) is 15.9 Å². The first-order chi connectivity index (χ1) is 29.7. The maximum atomic E-state index is 13.2. The van der Waals surface area contributed by atoms with E-state index in [-0.39, 0.29) is 45.5 Å². The summed E-state index contributed by atoms with van der Waals surface area (Å²) in [5.74, 6) is 0.135. The van der Waals surface area contributed by atoms with Crippen molar-refractivity contribution in [3.8, 4) is 0 Å². The summed E-state index contributed by atoms with van der Waals surface area (Å²) < 4.78 is 33.9. The van der Waals surface area contributed by atoms with Gasteiger partial charge < -0.3 is 20.0 Å². The van der Waals surface area contributed by atoms with Gasteiger partial charge in [-0.15, -0.1) is 0 Å². The normalized spacial score (nSPS) is 18.6. The molecule has 0 spiro atoms. The van der Waals surface area contributed by atoms with Crippen molar-refractivity contribution in [2.24, 2.45) is 13.0 Å². The summed E-state index contributed by atoms with van der Waals surface area (Å²) in [6.07, 6.45) is 4.97. The quantitative estimate of drug-likeness (QED) is 0.115. The zero-order valence-corrected chi connectivity index (χ0v) is 37.1. The third-order valence-corrected chi connectivity index (χ3v) is 14.2. The molecule has 3 aromatic heterocycles. The average Bonchev–Trinajstić information content (AvgIpc) is 3.49. The number of rotatable bonds is 13. The molecule has 1 unspecified atom stereocenters. The number of fused-ring (bicyclic) bond motifs is 2. The van der Waals surface area contributed by atoms with Crippen LogP contribution in [0.25, 0.3) is 22.1 Å². The molecule has 5 aromatic rings. The highest BCUT2D eigenvalue weighted by Gasteiger charge is 2.32. The summed E-state index contributed by atoms with van der Waals surface area (Å²) in [6.45, 7) is 13.5. The number of sulfonamides is 1. The van der Waals surface area contributed by atoms with E-state index in [1.165, 1.54) is 9.13 Å². The number of carbonyl (C=O) groups excluding carboxylic acids is 2. The second-order valence-electron chi connectivity index (χ2n) is 17.0. The first-order valence-corrected chi connectivity index (χ1v) is 23.2. The summed E-state index contributed by atoms with van der Waals surface area (Å²) in [5.41, 5.74) is 3.74. The van der Waals surface area contributed by atoms with Crippen molar-refractivity contribution in [1.29, 1.82) is 0 Å². The highest BCUT2D eigenvalue weighted by atomic mass is 35.5. The van der Waals surface area contributed by atoms with Gasteiger partial charge >= 0.3 is 5.69 Å². The van der Waals surface area contributed by atoms with Gasteiger partial charge in [-0.3, -0.25) is 33.4 Å². The Morgan fingerprint density at radius 3 is 2.37 bits per heavy atom. The number of halogens is 1. The van der Waals surface area contributed by atoms with Gasteiger partial charge in [0.1, 0.15) is 16.7 Å². The second-order valence-corrected chi connectivity index (χ2v) is 19.2. The minimum Gasteiger partial charge on any atom is -0.371 e. The maximum absolute atomic E-state index is 13.2. The number of nitrogens with zero attached hydrogens (tertiary/aromatic N) is 8. The van der Waals surface area contributed by atoms with Crippen LogP contribution in [-0.4, -0.2) is 113 Å². The molecule has 3 fully saturated rings. The first kappa shape index (κ1) is 43.5. The largest absolute Gasteiger partial charge is 0.371 e. The van der Waals surface area contributed by atoms with E-state index >= 15 is 0 Å². The minimum absolute atomic E-state index is 0.102. The maximum Gasteiger partial charge on any atom is 0.329 e. The molecule has 0 radical (unpaired) electrons. The fourth-order valence-electron chi connectivity index (χ4n) is 8.99. The molecule has 3 aliphatic rings. The molecule has 2 amide bonds. The smallest absolute Gasteiger partial charge is 0.329 e. The van der Waals surface area contributed by atoms with E-state index in [2.05, 4.69) is 40.0 Å². The molecule has 19 heteroatoms. The van der Waals surface area contributed by atoms with Crippen LogP contribution in [0, 0.1) is 12.8 Å². The van der Waals surface area contributed by atoms with Crippen molar-refractivity contribution in [3.63, 3.8) is 0 Å². The van der Waals surface area contributed by atoms with E-state index in [0.717, 1.165) is 76.4 Å². The lowest BCUT2D eigenvalue weighted by atomic mass is 9.95. The van der Waals surface area contributed by atoms with Gasteiger partial charge in [0.2, 0.25) is 27.8 Å². The number of benzene rings is 2. The van der Waals surface area contributed by atoms with E-state index in [0.29, 0.717) is 53.1 Å². The predicted molar refractivity (Wildman–Crippen MR) is 240 cm³/mol. The molecular weight excluding hydrogens is 834 g/mol. The Morgan fingerprint density at radius 1 is 0.919 bits per heavy atom. The molecule has 2 aromatic carbocycles. The Bertz CT molecular complexity index is 2750. The van der Waals surface area contributed by atoms with E-state index in [9.17, 15) is 27.6 Å². The lowest BCUT2D eigenvalue weighted by Gasteiger charge is -2.39. The lowest BCUT2D eigenvalue weighted by Crippen LogP contribution is -2.49. The number of pyridine rings is 1. The van der Waals surface area contributed by atoms with Crippen LogP contribution in [0.5, 0.6) is 0 Å². The van der Waals surface area contributed by atoms with Crippen molar-refractivity contribution >= 4 is 72.8 Å². The van der Waals surface area contributed by atoms with Gasteiger partial charge in [0, 0.05) is 94.8 Å². The van der Waals surface area contributed by atoms with E-state index in [1.54, 1.807) is 42.1 Å². The van der Waals surface area contributed by atoms with Gasteiger partial charge in [-0.2, -0.15) is 4.98 Å². The number of aromatic nitrogens is 5. The number of carbonyl (C=O) groups is 2. The Kier molecular flexibility index (Phi) is 12.6. The third kappa shape index (κ3) is 9.02. The van der Waals surface area contributed by atoms with Crippen molar-refractivity contribution in [2.75, 3.05) is 69.1 Å². The van der Waals surface area contributed by atoms with Crippen molar-refractivity contribution in [2.45, 2.75) is 69.9 Å². The number of hydrogen-bond acceptors (Lipinski definition) is 12. The number of hydrogen-bond donors (Lipinski definition) is 3. The molecular formula is C43H54ClN11O6S. The Labute approximate surface area is 365 Å². The second kappa shape index (κ2) is 17.9. The first-order valence-electron chi connectivity index (χ1n) is 21.4. The van der Waals surface area contributed by atoms with Crippen LogP contribution in [0.1, 0.15) is 63.6 Å². The van der Waals surface area contributed by atoms with Gasteiger partial charge in [-0.1, -0.05) is 11.6 Å². The number of aryl methyl sites for hydroxylation is 2. The van der Waals surface area contributed by atoms with Gasteiger partial charge in [-0.25, -0.2) is 22.9 Å². The van der Waals surface area contributed by atoms with Crippen molar-refractivity contribution in [1.82, 2.24) is 43.5 Å². The van der Waals surface area contributed by atoms with Crippen LogP contribution in [0.4, 0.5) is 17.3 Å². The molecule has 17 nitrogen and oxygen atoms in total. The van der Waals surface area contributed by atoms with Crippen LogP contribution in [0.15, 0.2) is 63.1 Å². The fourth-order valence-corrected chi connectivity index (χ4v) is 10.4.